The highest BCUT2D eigenvalue weighted by Gasteiger charge is 2.46. The van der Waals surface area contributed by atoms with Gasteiger partial charge in [-0.1, -0.05) is 18.2 Å². The largest absolute Gasteiger partial charge is 0.456 e. The van der Waals surface area contributed by atoms with Crippen LogP contribution < -0.4 is 4.31 Å². The molecule has 1 amide bonds. The molecule has 0 aliphatic carbocycles. The Bertz CT molecular complexity index is 961. The number of hydrogen-bond acceptors (Lipinski definition) is 7. The van der Waals surface area contributed by atoms with Gasteiger partial charge in [-0.2, -0.15) is 0 Å². The van der Waals surface area contributed by atoms with Gasteiger partial charge in [-0.15, -0.1) is 0 Å². The molecule has 142 valence electrons. The minimum absolute atomic E-state index is 0.0328. The summed E-state index contributed by atoms with van der Waals surface area (Å²) in [4.78, 5) is 36.3. The number of nitro groups is 1. The van der Waals surface area contributed by atoms with Crippen molar-refractivity contribution >= 4 is 35.2 Å². The third-order valence-electron chi connectivity index (χ3n) is 4.38. The van der Waals surface area contributed by atoms with E-state index in [0.717, 1.165) is 5.69 Å². The first-order valence-corrected chi connectivity index (χ1v) is 9.32. The van der Waals surface area contributed by atoms with Crippen LogP contribution in [-0.4, -0.2) is 27.1 Å². The van der Waals surface area contributed by atoms with E-state index >= 15 is 0 Å². The van der Waals surface area contributed by atoms with E-state index in [4.69, 9.17) is 4.74 Å². The molecule has 0 spiro atoms. The zero-order valence-corrected chi connectivity index (χ0v) is 15.4. The number of fused-ring (bicyclic) bond motifs is 1. The summed E-state index contributed by atoms with van der Waals surface area (Å²) in [6, 6.07) is 15.3. The van der Waals surface area contributed by atoms with Crippen LogP contribution in [0.3, 0.4) is 0 Å². The lowest BCUT2D eigenvalue weighted by molar-refractivity contribution is -0.384. The number of β-lactam (4-membered cyclic amide) rings is 1. The summed E-state index contributed by atoms with van der Waals surface area (Å²) in [7, 11) is 0. The van der Waals surface area contributed by atoms with Crippen molar-refractivity contribution in [1.82, 2.24) is 4.90 Å². The highest BCUT2D eigenvalue weighted by Crippen LogP contribution is 2.42. The number of hydrogen-bond donors (Lipinski definition) is 0. The standard InChI is InChI=1S/C19H15N3O5S/c23-17-10-18-21(17)16(11-20(28-18)14-4-2-1-3-5-14)19(24)27-12-13-6-8-15(9-7-13)22(25)26/h1-9,11,18H,10,12H2/t18-/m1/s1. The monoisotopic (exact) mass is 397 g/mol. The maximum atomic E-state index is 12.6. The summed E-state index contributed by atoms with van der Waals surface area (Å²) in [6.07, 6.45) is 1.96. The second-order valence-electron chi connectivity index (χ2n) is 6.20. The summed E-state index contributed by atoms with van der Waals surface area (Å²) in [5.74, 6) is -0.735. The maximum absolute atomic E-state index is 12.6. The smallest absolute Gasteiger partial charge is 0.356 e. The number of nitro benzene ring substituents is 1. The van der Waals surface area contributed by atoms with Crippen LogP contribution in [0.25, 0.3) is 0 Å². The fourth-order valence-electron chi connectivity index (χ4n) is 2.89. The van der Waals surface area contributed by atoms with Gasteiger partial charge in [-0.3, -0.25) is 24.1 Å². The number of non-ortho nitro benzene ring substituents is 1. The minimum atomic E-state index is -0.613. The van der Waals surface area contributed by atoms with Crippen LogP contribution in [0.4, 0.5) is 11.4 Å². The van der Waals surface area contributed by atoms with Gasteiger partial charge >= 0.3 is 5.97 Å². The van der Waals surface area contributed by atoms with Gasteiger partial charge in [0.2, 0.25) is 5.91 Å². The lowest BCUT2D eigenvalue weighted by atomic mass is 10.1. The Labute approximate surface area is 164 Å². The van der Waals surface area contributed by atoms with Crippen LogP contribution in [0.1, 0.15) is 12.0 Å². The molecule has 2 aliphatic rings. The Morgan fingerprint density at radius 1 is 1.18 bits per heavy atom. The first-order valence-electron chi connectivity index (χ1n) is 8.48. The van der Waals surface area contributed by atoms with Crippen LogP contribution in [0.2, 0.25) is 0 Å². The molecule has 0 bridgehead atoms. The van der Waals surface area contributed by atoms with Crippen LogP contribution >= 0.6 is 11.9 Å². The number of ether oxygens (including phenoxy) is 1. The number of rotatable bonds is 5. The van der Waals surface area contributed by atoms with Gasteiger partial charge in [0.15, 0.2) is 0 Å². The molecule has 0 radical (unpaired) electrons. The summed E-state index contributed by atoms with van der Waals surface area (Å²) in [6.45, 7) is -0.0423. The van der Waals surface area contributed by atoms with E-state index in [0.29, 0.717) is 12.0 Å². The molecule has 28 heavy (non-hydrogen) atoms. The molecule has 2 aromatic carbocycles. The molecule has 1 fully saturated rings. The van der Waals surface area contributed by atoms with Crippen LogP contribution in [0, 0.1) is 10.1 Å². The van der Waals surface area contributed by atoms with Crippen molar-refractivity contribution < 1.29 is 19.2 Å². The van der Waals surface area contributed by atoms with Gasteiger partial charge in [0, 0.05) is 18.3 Å². The Hall–Kier alpha value is -3.33. The molecule has 2 aliphatic heterocycles. The van der Waals surface area contributed by atoms with Crippen LogP contribution in [0.15, 0.2) is 66.5 Å². The molecule has 0 aromatic heterocycles. The predicted molar refractivity (Wildman–Crippen MR) is 103 cm³/mol. The molecule has 1 atom stereocenters. The van der Waals surface area contributed by atoms with E-state index in [1.807, 2.05) is 34.6 Å². The lowest BCUT2D eigenvalue weighted by Gasteiger charge is -2.45. The fraction of sp³-hybridized carbons (Fsp3) is 0.158. The summed E-state index contributed by atoms with van der Waals surface area (Å²) in [5, 5.41) is 10.6. The number of nitrogens with zero attached hydrogens (tertiary/aromatic N) is 3. The van der Waals surface area contributed by atoms with Crippen molar-refractivity contribution in [1.29, 1.82) is 0 Å². The number of amides is 1. The van der Waals surface area contributed by atoms with Gasteiger partial charge in [0.05, 0.1) is 17.0 Å². The molecule has 4 rings (SSSR count). The molecular formula is C19H15N3O5S. The quantitative estimate of drug-likeness (QED) is 0.251. The normalized spacial score (nSPS) is 18.1. The molecule has 8 nitrogen and oxygen atoms in total. The average Bonchev–Trinajstić information content (AvgIpc) is 2.71. The SMILES string of the molecule is O=C(OCc1ccc([N+](=O)[O-])cc1)C1=CN(c2ccccc2)S[C@@H]2CC(=O)N12. The Kier molecular flexibility index (Phi) is 4.74. The minimum Gasteiger partial charge on any atom is -0.456 e. The van der Waals surface area contributed by atoms with Crippen LogP contribution in [0.5, 0.6) is 0 Å². The zero-order chi connectivity index (χ0) is 19.7. The van der Waals surface area contributed by atoms with Crippen molar-refractivity contribution in [3.8, 4) is 0 Å². The van der Waals surface area contributed by atoms with E-state index in [1.54, 1.807) is 6.20 Å². The van der Waals surface area contributed by atoms with E-state index in [9.17, 15) is 19.7 Å². The van der Waals surface area contributed by atoms with Crippen molar-refractivity contribution in [2.45, 2.75) is 18.4 Å². The second kappa shape index (κ2) is 7.35. The number of benzene rings is 2. The molecule has 0 saturated carbocycles. The highest BCUT2D eigenvalue weighted by molar-refractivity contribution is 8.01. The first-order chi connectivity index (χ1) is 13.5. The zero-order valence-electron chi connectivity index (χ0n) is 14.6. The maximum Gasteiger partial charge on any atom is 0.356 e. The highest BCUT2D eigenvalue weighted by atomic mass is 32.2. The third kappa shape index (κ3) is 3.44. The molecule has 2 aromatic rings. The van der Waals surface area contributed by atoms with Gasteiger partial charge in [0.25, 0.3) is 5.69 Å². The number of para-hydroxylation sites is 1. The van der Waals surface area contributed by atoms with E-state index in [2.05, 4.69) is 0 Å². The molecule has 1 saturated heterocycles. The predicted octanol–water partition coefficient (Wildman–Crippen LogP) is 3.21. The van der Waals surface area contributed by atoms with Crippen molar-refractivity contribution in [3.63, 3.8) is 0 Å². The third-order valence-corrected chi connectivity index (χ3v) is 5.54. The van der Waals surface area contributed by atoms with Crippen molar-refractivity contribution in [2.75, 3.05) is 4.31 Å². The summed E-state index contributed by atoms with van der Waals surface area (Å²) >= 11 is 1.47. The number of carbonyl (C=O) groups is 2. The topological polar surface area (TPSA) is 93.0 Å². The lowest BCUT2D eigenvalue weighted by Crippen LogP contribution is -2.55. The number of esters is 1. The number of anilines is 1. The molecular weight excluding hydrogens is 382 g/mol. The average molecular weight is 397 g/mol. The first kappa shape index (κ1) is 18.1. The van der Waals surface area contributed by atoms with Gasteiger partial charge in [0.1, 0.15) is 17.7 Å². The molecule has 0 unspecified atom stereocenters. The van der Waals surface area contributed by atoms with E-state index < -0.39 is 10.9 Å². The Balaban J connectivity index is 1.50. The second-order valence-corrected chi connectivity index (χ2v) is 7.35. The van der Waals surface area contributed by atoms with E-state index in [1.165, 1.54) is 41.1 Å². The summed E-state index contributed by atoms with van der Waals surface area (Å²) < 4.78 is 7.20. The van der Waals surface area contributed by atoms with E-state index in [-0.39, 0.29) is 29.3 Å². The van der Waals surface area contributed by atoms with Gasteiger partial charge in [-0.25, -0.2) is 4.79 Å². The van der Waals surface area contributed by atoms with Gasteiger partial charge < -0.3 is 4.74 Å². The Morgan fingerprint density at radius 2 is 1.89 bits per heavy atom. The van der Waals surface area contributed by atoms with Gasteiger partial charge in [-0.05, 0) is 41.8 Å². The molecule has 0 N–H and O–H groups in total. The van der Waals surface area contributed by atoms with Crippen LogP contribution in [-0.2, 0) is 20.9 Å². The molecule has 9 heteroatoms. The molecule has 2 heterocycles. The van der Waals surface area contributed by atoms with Crippen molar-refractivity contribution in [2.24, 2.45) is 0 Å². The van der Waals surface area contributed by atoms with Crippen molar-refractivity contribution in [3.05, 3.63) is 82.2 Å². The Morgan fingerprint density at radius 3 is 2.54 bits per heavy atom. The summed E-state index contributed by atoms with van der Waals surface area (Å²) in [5.41, 5.74) is 1.67. The number of carbonyl (C=O) groups excluding carboxylic acids is 2. The fourth-order valence-corrected chi connectivity index (χ4v) is 4.10.